The summed E-state index contributed by atoms with van der Waals surface area (Å²) < 4.78 is 5.26. The summed E-state index contributed by atoms with van der Waals surface area (Å²) in [6.45, 7) is 2.60. The van der Waals surface area contributed by atoms with Gasteiger partial charge in [0.1, 0.15) is 11.3 Å². The van der Waals surface area contributed by atoms with E-state index >= 15 is 0 Å². The first-order valence-corrected chi connectivity index (χ1v) is 6.32. The molecule has 0 fully saturated rings. The van der Waals surface area contributed by atoms with Gasteiger partial charge in [0.25, 0.3) is 0 Å². The Morgan fingerprint density at radius 2 is 2.24 bits per heavy atom. The van der Waals surface area contributed by atoms with Crippen molar-refractivity contribution in [3.05, 3.63) is 29.0 Å². The van der Waals surface area contributed by atoms with Gasteiger partial charge < -0.3 is 15.4 Å². The zero-order valence-electron chi connectivity index (χ0n) is 9.37. The van der Waals surface area contributed by atoms with Crippen LogP contribution in [-0.2, 0) is 16.0 Å². The van der Waals surface area contributed by atoms with Crippen molar-refractivity contribution in [3.63, 3.8) is 0 Å². The molecule has 0 radical (unpaired) electrons. The third kappa shape index (κ3) is 1.76. The molecule has 2 N–H and O–H groups in total. The van der Waals surface area contributed by atoms with E-state index < -0.39 is 0 Å². The van der Waals surface area contributed by atoms with Gasteiger partial charge in [-0.3, -0.25) is 4.79 Å². The van der Waals surface area contributed by atoms with E-state index in [9.17, 15) is 4.79 Å². The first kappa shape index (κ1) is 10.5. The van der Waals surface area contributed by atoms with Crippen molar-refractivity contribution in [1.29, 1.82) is 0 Å². The Morgan fingerprint density at radius 3 is 3.06 bits per heavy atom. The number of carbonyl (C=O) groups excluding carboxylic acids is 1. The zero-order chi connectivity index (χ0) is 11.8. The molecule has 0 unspecified atom stereocenters. The number of benzene rings is 1. The Labute approximate surface area is 103 Å². The molecule has 2 heterocycles. The van der Waals surface area contributed by atoms with Crippen molar-refractivity contribution in [2.24, 2.45) is 0 Å². The van der Waals surface area contributed by atoms with Crippen LogP contribution in [0.1, 0.15) is 12.5 Å². The molecule has 0 atom stereocenters. The molecule has 3 rings (SSSR count). The largest absolute Gasteiger partial charge is 0.499 e. The lowest BCUT2D eigenvalue weighted by Crippen LogP contribution is -2.03. The van der Waals surface area contributed by atoms with E-state index in [-0.39, 0.29) is 5.91 Å². The van der Waals surface area contributed by atoms with E-state index in [0.29, 0.717) is 13.0 Å². The van der Waals surface area contributed by atoms with Crippen LogP contribution in [0, 0.1) is 0 Å². The third-order valence-corrected chi connectivity index (χ3v) is 3.79. The number of hydrogen-bond acceptors (Lipinski definition) is 4. The molecule has 5 heteroatoms. The number of nitrogens with one attached hydrogen (secondary N) is 2. The molecule has 0 bridgehead atoms. The van der Waals surface area contributed by atoms with E-state index in [0.717, 1.165) is 26.9 Å². The number of ether oxygens (including phenoxy) is 1. The van der Waals surface area contributed by atoms with Crippen molar-refractivity contribution in [2.75, 3.05) is 17.2 Å². The Balaban J connectivity index is 1.94. The Kier molecular flexibility index (Phi) is 2.48. The molecule has 2 aliphatic heterocycles. The monoisotopic (exact) mass is 248 g/mol. The Hall–Kier alpha value is -1.62. The Morgan fingerprint density at radius 1 is 1.41 bits per heavy atom. The fraction of sp³-hybridized carbons (Fsp3) is 0.250. The van der Waals surface area contributed by atoms with Gasteiger partial charge in [-0.25, -0.2) is 0 Å². The highest BCUT2D eigenvalue weighted by molar-refractivity contribution is 8.03. The smallest absolute Gasteiger partial charge is 0.228 e. The standard InChI is InChI=1S/C12H12N2O2S/c1-2-16-6-11-14-9-4-3-8-7(12(9)17-11)5-10(15)13-8/h3-4,6,14H,2,5H2,1H3,(H,13,15). The van der Waals surface area contributed by atoms with Crippen LogP contribution < -0.4 is 10.6 Å². The van der Waals surface area contributed by atoms with Gasteiger partial charge >= 0.3 is 0 Å². The fourth-order valence-electron chi connectivity index (χ4n) is 1.97. The second-order valence-corrected chi connectivity index (χ2v) is 4.91. The summed E-state index contributed by atoms with van der Waals surface area (Å²) in [6.07, 6.45) is 2.19. The summed E-state index contributed by atoms with van der Waals surface area (Å²) in [5.74, 6) is 0.0660. The lowest BCUT2D eigenvalue weighted by molar-refractivity contribution is -0.115. The molecular weight excluding hydrogens is 236 g/mol. The van der Waals surface area contributed by atoms with Crippen LogP contribution in [0.5, 0.6) is 0 Å². The van der Waals surface area contributed by atoms with Crippen LogP contribution in [0.4, 0.5) is 11.4 Å². The summed E-state index contributed by atoms with van der Waals surface area (Å²) in [7, 11) is 0. The average molecular weight is 248 g/mol. The van der Waals surface area contributed by atoms with Crippen molar-refractivity contribution in [2.45, 2.75) is 18.2 Å². The van der Waals surface area contributed by atoms with Crippen LogP contribution in [0.15, 0.2) is 28.3 Å². The second kappa shape index (κ2) is 4.00. The predicted octanol–water partition coefficient (Wildman–Crippen LogP) is 2.53. The highest BCUT2D eigenvalue weighted by Gasteiger charge is 2.27. The molecule has 0 aliphatic carbocycles. The molecule has 0 saturated carbocycles. The lowest BCUT2D eigenvalue weighted by atomic mass is 10.1. The maximum Gasteiger partial charge on any atom is 0.228 e. The predicted molar refractivity (Wildman–Crippen MR) is 68.0 cm³/mol. The quantitative estimate of drug-likeness (QED) is 0.790. The second-order valence-electron chi connectivity index (χ2n) is 3.86. The first-order valence-electron chi connectivity index (χ1n) is 5.50. The van der Waals surface area contributed by atoms with E-state index in [1.807, 2.05) is 19.1 Å². The van der Waals surface area contributed by atoms with Crippen LogP contribution in [0.25, 0.3) is 0 Å². The van der Waals surface area contributed by atoms with E-state index in [4.69, 9.17) is 4.74 Å². The highest BCUT2D eigenvalue weighted by Crippen LogP contribution is 2.46. The molecule has 1 amide bonds. The number of carbonyl (C=O) groups is 1. The molecule has 0 spiro atoms. The SMILES string of the molecule is CCOC=C1Nc2ccc3c(c2S1)CC(=O)N3. The summed E-state index contributed by atoms with van der Waals surface area (Å²) in [5.41, 5.74) is 3.07. The first-order chi connectivity index (χ1) is 8.28. The van der Waals surface area contributed by atoms with Gasteiger partial charge in [-0.1, -0.05) is 11.8 Å². The molecule has 0 aromatic heterocycles. The summed E-state index contributed by atoms with van der Waals surface area (Å²) >= 11 is 1.62. The van der Waals surface area contributed by atoms with Gasteiger partial charge in [-0.2, -0.15) is 0 Å². The number of rotatable bonds is 2. The van der Waals surface area contributed by atoms with Gasteiger partial charge in [0.15, 0.2) is 0 Å². The minimum Gasteiger partial charge on any atom is -0.499 e. The minimum absolute atomic E-state index is 0.0660. The number of anilines is 2. The van der Waals surface area contributed by atoms with Gasteiger partial charge in [0.2, 0.25) is 5.91 Å². The highest BCUT2D eigenvalue weighted by atomic mass is 32.2. The van der Waals surface area contributed by atoms with Gasteiger partial charge in [-0.05, 0) is 19.1 Å². The number of amides is 1. The number of fused-ring (bicyclic) bond motifs is 3. The number of thioether (sulfide) groups is 1. The van der Waals surface area contributed by atoms with E-state index in [1.54, 1.807) is 18.0 Å². The van der Waals surface area contributed by atoms with Crippen LogP contribution in [-0.4, -0.2) is 12.5 Å². The molecule has 1 aromatic rings. The summed E-state index contributed by atoms with van der Waals surface area (Å²) in [4.78, 5) is 12.5. The van der Waals surface area contributed by atoms with Gasteiger partial charge in [0, 0.05) is 16.1 Å². The molecule has 17 heavy (non-hydrogen) atoms. The van der Waals surface area contributed by atoms with Gasteiger partial charge in [-0.15, -0.1) is 0 Å². The topological polar surface area (TPSA) is 50.4 Å². The van der Waals surface area contributed by atoms with Crippen LogP contribution >= 0.6 is 11.8 Å². The molecular formula is C12H12N2O2S. The normalized spacial score (nSPS) is 18.6. The van der Waals surface area contributed by atoms with Crippen molar-refractivity contribution in [1.82, 2.24) is 0 Å². The zero-order valence-corrected chi connectivity index (χ0v) is 10.2. The minimum atomic E-state index is 0.0660. The van der Waals surface area contributed by atoms with Gasteiger partial charge in [0.05, 0.1) is 18.7 Å². The molecule has 2 aliphatic rings. The Bertz CT molecular complexity index is 525. The van der Waals surface area contributed by atoms with Crippen molar-refractivity contribution in [3.8, 4) is 0 Å². The average Bonchev–Trinajstić information content (AvgIpc) is 2.87. The van der Waals surface area contributed by atoms with E-state index in [2.05, 4.69) is 10.6 Å². The molecule has 0 saturated heterocycles. The lowest BCUT2D eigenvalue weighted by Gasteiger charge is -2.02. The maximum atomic E-state index is 11.4. The molecule has 4 nitrogen and oxygen atoms in total. The van der Waals surface area contributed by atoms with Crippen LogP contribution in [0.2, 0.25) is 0 Å². The van der Waals surface area contributed by atoms with E-state index in [1.165, 1.54) is 0 Å². The fourth-order valence-corrected chi connectivity index (χ4v) is 3.00. The van der Waals surface area contributed by atoms with Crippen molar-refractivity contribution < 1.29 is 9.53 Å². The summed E-state index contributed by atoms with van der Waals surface area (Å²) in [5, 5.41) is 7.10. The summed E-state index contributed by atoms with van der Waals surface area (Å²) in [6, 6.07) is 3.93. The third-order valence-electron chi connectivity index (χ3n) is 2.70. The number of hydrogen-bond donors (Lipinski definition) is 2. The molecule has 1 aromatic carbocycles. The maximum absolute atomic E-state index is 11.4. The van der Waals surface area contributed by atoms with Crippen LogP contribution in [0.3, 0.4) is 0 Å². The molecule has 88 valence electrons. The van der Waals surface area contributed by atoms with Crippen molar-refractivity contribution >= 4 is 29.0 Å².